The number of amides is 2. The van der Waals surface area contributed by atoms with Gasteiger partial charge in [0, 0.05) is 12.3 Å². The van der Waals surface area contributed by atoms with E-state index in [1.165, 1.54) is 0 Å². The largest absolute Gasteiger partial charge is 0.336 e. The molecule has 0 bridgehead atoms. The van der Waals surface area contributed by atoms with Crippen LogP contribution in [0, 0.1) is 0 Å². The molecule has 114 valence electrons. The number of nitrogens with zero attached hydrogens (tertiary/aromatic N) is 1. The lowest BCUT2D eigenvalue weighted by Crippen LogP contribution is -2.67. The Hall–Kier alpha value is -1.49. The molecule has 0 radical (unpaired) electrons. The van der Waals surface area contributed by atoms with Crippen LogP contribution in [0.3, 0.4) is 0 Å². The Morgan fingerprint density at radius 3 is 2.57 bits per heavy atom. The summed E-state index contributed by atoms with van der Waals surface area (Å²) in [6, 6.07) is 9.03. The van der Waals surface area contributed by atoms with Gasteiger partial charge in [-0.2, -0.15) is 11.8 Å². The van der Waals surface area contributed by atoms with Gasteiger partial charge in [-0.05, 0) is 25.2 Å². The van der Waals surface area contributed by atoms with Gasteiger partial charge in [-0.25, -0.2) is 0 Å². The highest BCUT2D eigenvalue weighted by Gasteiger charge is 2.47. The highest BCUT2D eigenvalue weighted by atomic mass is 32.2. The zero-order valence-corrected chi connectivity index (χ0v) is 13.6. The molecule has 0 spiro atoms. The summed E-state index contributed by atoms with van der Waals surface area (Å²) in [5.41, 5.74) is -0.148. The molecule has 1 fully saturated rings. The molecule has 1 aromatic rings. The van der Waals surface area contributed by atoms with Gasteiger partial charge in [0.2, 0.25) is 5.91 Å². The molecule has 1 heterocycles. The molecule has 5 heteroatoms. The number of hydrogen-bond acceptors (Lipinski definition) is 3. The van der Waals surface area contributed by atoms with E-state index in [-0.39, 0.29) is 11.8 Å². The van der Waals surface area contributed by atoms with E-state index < -0.39 is 11.6 Å². The highest BCUT2D eigenvalue weighted by molar-refractivity contribution is 7.99. The van der Waals surface area contributed by atoms with Crippen molar-refractivity contribution in [3.8, 4) is 0 Å². The first kappa shape index (κ1) is 15.9. The summed E-state index contributed by atoms with van der Waals surface area (Å²) in [7, 11) is 0. The van der Waals surface area contributed by atoms with Crippen LogP contribution in [0.4, 0.5) is 0 Å². The van der Waals surface area contributed by atoms with Gasteiger partial charge in [0.25, 0.3) is 5.91 Å². The normalized spacial score (nSPS) is 25.9. The Kier molecular flexibility index (Phi) is 4.93. The van der Waals surface area contributed by atoms with E-state index in [2.05, 4.69) is 12.2 Å². The van der Waals surface area contributed by atoms with Crippen molar-refractivity contribution in [1.82, 2.24) is 10.2 Å². The molecular formula is C16H22N2O2S. The predicted octanol–water partition coefficient (Wildman–Crippen LogP) is 2.00. The molecule has 0 aromatic heterocycles. The average Bonchev–Trinajstić information content (AvgIpc) is 2.50. The summed E-state index contributed by atoms with van der Waals surface area (Å²) >= 11 is 1.78. The van der Waals surface area contributed by atoms with Crippen molar-refractivity contribution in [2.75, 3.05) is 18.1 Å². The van der Waals surface area contributed by atoms with Crippen molar-refractivity contribution < 1.29 is 9.59 Å². The smallest absolute Gasteiger partial charge is 0.253 e. The fourth-order valence-corrected chi connectivity index (χ4v) is 3.19. The number of piperazine rings is 1. The summed E-state index contributed by atoms with van der Waals surface area (Å²) < 4.78 is 0. The van der Waals surface area contributed by atoms with Gasteiger partial charge >= 0.3 is 0 Å². The summed E-state index contributed by atoms with van der Waals surface area (Å²) in [6.45, 7) is 6.27. The third-order valence-electron chi connectivity index (χ3n) is 3.94. The van der Waals surface area contributed by atoms with Crippen molar-refractivity contribution in [2.45, 2.75) is 32.4 Å². The number of rotatable bonds is 5. The van der Waals surface area contributed by atoms with Gasteiger partial charge in [-0.15, -0.1) is 0 Å². The van der Waals surface area contributed by atoms with E-state index in [0.29, 0.717) is 6.54 Å². The number of thioether (sulfide) groups is 1. The third kappa shape index (κ3) is 3.07. The molecular weight excluding hydrogens is 284 g/mol. The van der Waals surface area contributed by atoms with E-state index in [9.17, 15) is 9.59 Å². The minimum atomic E-state index is -0.971. The van der Waals surface area contributed by atoms with Crippen LogP contribution in [0.1, 0.15) is 26.3 Å². The lowest BCUT2D eigenvalue weighted by molar-refractivity contribution is -0.153. The zero-order valence-electron chi connectivity index (χ0n) is 12.8. The number of hydrogen-bond donors (Lipinski definition) is 1. The fraction of sp³-hybridized carbons (Fsp3) is 0.500. The van der Waals surface area contributed by atoms with Gasteiger partial charge < -0.3 is 10.2 Å². The topological polar surface area (TPSA) is 49.4 Å². The number of nitrogens with one attached hydrogen (secondary N) is 1. The second-order valence-corrected chi connectivity index (χ2v) is 6.75. The molecule has 0 aliphatic carbocycles. The lowest BCUT2D eigenvalue weighted by Gasteiger charge is -2.43. The Morgan fingerprint density at radius 1 is 1.29 bits per heavy atom. The van der Waals surface area contributed by atoms with Crippen molar-refractivity contribution in [1.29, 1.82) is 0 Å². The van der Waals surface area contributed by atoms with Crippen LogP contribution in [-0.4, -0.2) is 40.8 Å². The first-order valence-electron chi connectivity index (χ1n) is 7.27. The van der Waals surface area contributed by atoms with Crippen LogP contribution >= 0.6 is 11.8 Å². The maximum absolute atomic E-state index is 12.9. The second kappa shape index (κ2) is 6.52. The maximum Gasteiger partial charge on any atom is 0.253 e. The minimum Gasteiger partial charge on any atom is -0.336 e. The van der Waals surface area contributed by atoms with Gasteiger partial charge in [0.15, 0.2) is 0 Å². The molecule has 1 saturated heterocycles. The quantitative estimate of drug-likeness (QED) is 0.847. The molecule has 1 N–H and O–H groups in total. The standard InChI is InChI=1S/C16H22N2O2S/c1-4-21-11-10-18-12(2)14(19)17-16(3,15(18)20)13-8-6-5-7-9-13/h5-9,12H,4,10-11H2,1-3H3,(H,17,19). The van der Waals surface area contributed by atoms with Crippen molar-refractivity contribution >= 4 is 23.6 Å². The van der Waals surface area contributed by atoms with E-state index in [1.807, 2.05) is 30.3 Å². The van der Waals surface area contributed by atoms with Crippen LogP contribution in [0.25, 0.3) is 0 Å². The van der Waals surface area contributed by atoms with Crippen LogP contribution < -0.4 is 5.32 Å². The van der Waals surface area contributed by atoms with E-state index >= 15 is 0 Å². The number of benzene rings is 1. The summed E-state index contributed by atoms with van der Waals surface area (Å²) in [5, 5.41) is 2.89. The molecule has 2 rings (SSSR count). The van der Waals surface area contributed by atoms with Crippen LogP contribution in [0.2, 0.25) is 0 Å². The van der Waals surface area contributed by atoms with Gasteiger partial charge in [-0.3, -0.25) is 9.59 Å². The molecule has 2 amide bonds. The Balaban J connectivity index is 2.27. The summed E-state index contributed by atoms with van der Waals surface area (Å²) in [6.07, 6.45) is 0. The molecule has 0 saturated carbocycles. The molecule has 4 nitrogen and oxygen atoms in total. The molecule has 21 heavy (non-hydrogen) atoms. The average molecular weight is 306 g/mol. The van der Waals surface area contributed by atoms with Crippen LogP contribution in [0.15, 0.2) is 30.3 Å². The molecule has 2 unspecified atom stereocenters. The fourth-order valence-electron chi connectivity index (χ4n) is 2.58. The van der Waals surface area contributed by atoms with Crippen LogP contribution in [-0.2, 0) is 15.1 Å². The predicted molar refractivity (Wildman–Crippen MR) is 86.1 cm³/mol. The van der Waals surface area contributed by atoms with Crippen molar-refractivity contribution in [2.24, 2.45) is 0 Å². The molecule has 1 aliphatic heterocycles. The van der Waals surface area contributed by atoms with E-state index in [0.717, 1.165) is 17.1 Å². The Morgan fingerprint density at radius 2 is 1.95 bits per heavy atom. The zero-order chi connectivity index (χ0) is 15.5. The first-order valence-corrected chi connectivity index (χ1v) is 8.42. The monoisotopic (exact) mass is 306 g/mol. The molecule has 1 aliphatic rings. The second-order valence-electron chi connectivity index (χ2n) is 5.35. The first-order chi connectivity index (χ1) is 10.0. The summed E-state index contributed by atoms with van der Waals surface area (Å²) in [4.78, 5) is 26.9. The third-order valence-corrected chi connectivity index (χ3v) is 4.82. The molecule has 1 aromatic carbocycles. The van der Waals surface area contributed by atoms with E-state index in [1.54, 1.807) is 30.5 Å². The van der Waals surface area contributed by atoms with Crippen LogP contribution in [0.5, 0.6) is 0 Å². The maximum atomic E-state index is 12.9. The highest BCUT2D eigenvalue weighted by Crippen LogP contribution is 2.28. The Labute approximate surface area is 130 Å². The SMILES string of the molecule is CCSCCN1C(=O)C(C)(c2ccccc2)NC(=O)C1C. The van der Waals surface area contributed by atoms with Crippen molar-refractivity contribution in [3.63, 3.8) is 0 Å². The van der Waals surface area contributed by atoms with Gasteiger partial charge in [-0.1, -0.05) is 37.3 Å². The Bertz CT molecular complexity index is 520. The minimum absolute atomic E-state index is 0.0301. The number of carbonyl (C=O) groups is 2. The van der Waals surface area contributed by atoms with E-state index in [4.69, 9.17) is 0 Å². The number of carbonyl (C=O) groups excluding carboxylic acids is 2. The van der Waals surface area contributed by atoms with Gasteiger partial charge in [0.05, 0.1) is 0 Å². The van der Waals surface area contributed by atoms with Crippen molar-refractivity contribution in [3.05, 3.63) is 35.9 Å². The lowest BCUT2D eigenvalue weighted by atomic mass is 9.87. The summed E-state index contributed by atoms with van der Waals surface area (Å²) in [5.74, 6) is 1.74. The van der Waals surface area contributed by atoms with Gasteiger partial charge in [0.1, 0.15) is 11.6 Å². The molecule has 2 atom stereocenters.